The van der Waals surface area contributed by atoms with Crippen LogP contribution in [0.25, 0.3) is 0 Å². The fourth-order valence-electron chi connectivity index (χ4n) is 1.73. The van der Waals surface area contributed by atoms with Crippen LogP contribution in [0.3, 0.4) is 0 Å². The summed E-state index contributed by atoms with van der Waals surface area (Å²) in [7, 11) is 2.53. The number of carbonyl (C=O) groups is 3. The molecule has 8 heteroatoms. The molecule has 1 aromatic rings. The molecule has 0 saturated carbocycles. The molecule has 1 N–H and O–H groups in total. The number of amides is 1. The highest BCUT2D eigenvalue weighted by molar-refractivity contribution is 5.99. The van der Waals surface area contributed by atoms with Gasteiger partial charge in [-0.1, -0.05) is 5.92 Å². The van der Waals surface area contributed by atoms with Gasteiger partial charge in [0, 0.05) is 12.6 Å². The molecule has 0 atom stereocenters. The average Bonchev–Trinajstić information content (AvgIpc) is 2.56. The number of anilines is 1. The summed E-state index contributed by atoms with van der Waals surface area (Å²) in [5, 5.41) is 2.50. The smallest absolute Gasteiger partial charge is 0.412 e. The van der Waals surface area contributed by atoms with E-state index < -0.39 is 17.7 Å². The van der Waals surface area contributed by atoms with Crippen LogP contribution in [0, 0.1) is 11.8 Å². The maximum atomic E-state index is 12.0. The number of esters is 2. The molecule has 0 aliphatic carbocycles. The van der Waals surface area contributed by atoms with Crippen molar-refractivity contribution in [1.29, 1.82) is 0 Å². The first-order valence-electron chi connectivity index (χ1n) is 7.80. The molecule has 0 radical (unpaired) electrons. The van der Waals surface area contributed by atoms with Crippen LogP contribution in [0.2, 0.25) is 0 Å². The molecular formula is C18H22N2O6. The molecule has 0 unspecified atom stereocenters. The van der Waals surface area contributed by atoms with Crippen molar-refractivity contribution in [2.45, 2.75) is 39.2 Å². The molecule has 26 heavy (non-hydrogen) atoms. The largest absolute Gasteiger partial charge is 0.469 e. The molecular weight excluding hydrogens is 340 g/mol. The number of ether oxygens (including phenoxy) is 3. The fraction of sp³-hybridized carbons (Fsp3) is 0.444. The summed E-state index contributed by atoms with van der Waals surface area (Å²) in [6, 6.07) is 1.43. The summed E-state index contributed by atoms with van der Waals surface area (Å²) < 4.78 is 14.4. The van der Waals surface area contributed by atoms with Crippen molar-refractivity contribution in [1.82, 2.24) is 4.98 Å². The van der Waals surface area contributed by atoms with E-state index >= 15 is 0 Å². The van der Waals surface area contributed by atoms with Gasteiger partial charge in [-0.05, 0) is 32.8 Å². The topological polar surface area (TPSA) is 104 Å². The number of methoxy groups -OCH3 is 2. The molecule has 0 aromatic carbocycles. The summed E-state index contributed by atoms with van der Waals surface area (Å²) in [5.41, 5.74) is -0.149. The van der Waals surface area contributed by atoms with Crippen molar-refractivity contribution < 1.29 is 28.6 Å². The van der Waals surface area contributed by atoms with E-state index in [1.54, 1.807) is 20.8 Å². The highest BCUT2D eigenvalue weighted by atomic mass is 16.6. The SMILES string of the molecule is COC(=O)CCC#Cc1cc(NC(=O)OC(C)(C)C)c(C(=O)OC)cn1. The minimum Gasteiger partial charge on any atom is -0.469 e. The first kappa shape index (κ1) is 21.0. The number of carbonyl (C=O) groups excluding carboxylic acids is 3. The second-order valence-electron chi connectivity index (χ2n) is 6.11. The van der Waals surface area contributed by atoms with Gasteiger partial charge < -0.3 is 14.2 Å². The monoisotopic (exact) mass is 362 g/mol. The number of nitrogens with one attached hydrogen (secondary N) is 1. The lowest BCUT2D eigenvalue weighted by atomic mass is 10.2. The zero-order valence-corrected chi connectivity index (χ0v) is 15.5. The number of pyridine rings is 1. The second kappa shape index (κ2) is 9.42. The van der Waals surface area contributed by atoms with Gasteiger partial charge in [0.2, 0.25) is 0 Å². The highest BCUT2D eigenvalue weighted by Gasteiger charge is 2.20. The van der Waals surface area contributed by atoms with Gasteiger partial charge in [0.05, 0.1) is 26.3 Å². The molecule has 0 saturated heterocycles. The van der Waals surface area contributed by atoms with Gasteiger partial charge in [0.1, 0.15) is 16.9 Å². The molecule has 0 fully saturated rings. The third-order valence-electron chi connectivity index (χ3n) is 2.84. The van der Waals surface area contributed by atoms with Crippen LogP contribution < -0.4 is 5.32 Å². The van der Waals surface area contributed by atoms with Gasteiger partial charge >= 0.3 is 18.0 Å². The van der Waals surface area contributed by atoms with Gasteiger partial charge in [-0.25, -0.2) is 14.6 Å². The Bertz CT molecular complexity index is 740. The quantitative estimate of drug-likeness (QED) is 0.498. The van der Waals surface area contributed by atoms with Crippen molar-refractivity contribution in [2.75, 3.05) is 19.5 Å². The molecule has 1 aromatic heterocycles. The Hall–Kier alpha value is -3.08. The Morgan fingerprint density at radius 1 is 1.19 bits per heavy atom. The van der Waals surface area contributed by atoms with E-state index in [2.05, 4.69) is 31.6 Å². The van der Waals surface area contributed by atoms with Crippen molar-refractivity contribution in [3.05, 3.63) is 23.5 Å². The standard InChI is InChI=1S/C18H22N2O6/c1-18(2,3)26-17(23)20-14-10-12(8-6-7-9-15(21)24-4)19-11-13(14)16(22)25-5/h10-11H,7,9H2,1-5H3,(H,19,20,23). The molecule has 1 amide bonds. The number of hydrogen-bond donors (Lipinski definition) is 1. The van der Waals surface area contributed by atoms with E-state index in [1.165, 1.54) is 26.5 Å². The van der Waals surface area contributed by atoms with Crippen LogP contribution in [0.4, 0.5) is 10.5 Å². The summed E-state index contributed by atoms with van der Waals surface area (Å²) in [5.74, 6) is 4.51. The number of nitrogens with zero attached hydrogens (tertiary/aromatic N) is 1. The van der Waals surface area contributed by atoms with Crippen LogP contribution in [0.15, 0.2) is 12.3 Å². The van der Waals surface area contributed by atoms with Gasteiger partial charge in [0.15, 0.2) is 0 Å². The van der Waals surface area contributed by atoms with E-state index in [0.717, 1.165) is 0 Å². The Morgan fingerprint density at radius 2 is 1.88 bits per heavy atom. The minimum absolute atomic E-state index is 0.0680. The van der Waals surface area contributed by atoms with E-state index in [-0.39, 0.29) is 23.6 Å². The fourth-order valence-corrected chi connectivity index (χ4v) is 1.73. The van der Waals surface area contributed by atoms with Crippen molar-refractivity contribution in [2.24, 2.45) is 0 Å². The Labute approximate surface area is 152 Å². The number of rotatable bonds is 4. The third kappa shape index (κ3) is 7.21. The van der Waals surface area contributed by atoms with Crippen molar-refractivity contribution >= 4 is 23.7 Å². The first-order valence-corrected chi connectivity index (χ1v) is 7.80. The third-order valence-corrected chi connectivity index (χ3v) is 2.84. The maximum Gasteiger partial charge on any atom is 0.412 e. The molecule has 1 heterocycles. The maximum absolute atomic E-state index is 12.0. The van der Waals surface area contributed by atoms with Crippen LogP contribution >= 0.6 is 0 Å². The first-order chi connectivity index (χ1) is 12.2. The number of aromatic nitrogens is 1. The van der Waals surface area contributed by atoms with E-state index in [9.17, 15) is 14.4 Å². The lowest BCUT2D eigenvalue weighted by Gasteiger charge is -2.20. The lowest BCUT2D eigenvalue weighted by molar-refractivity contribution is -0.140. The minimum atomic E-state index is -0.724. The normalized spacial score (nSPS) is 10.2. The van der Waals surface area contributed by atoms with E-state index in [4.69, 9.17) is 4.74 Å². The Balaban J connectivity index is 3.00. The van der Waals surface area contributed by atoms with Gasteiger partial charge in [-0.15, -0.1) is 0 Å². The molecule has 0 spiro atoms. The summed E-state index contributed by atoms with van der Waals surface area (Å²) in [6.45, 7) is 5.16. The highest BCUT2D eigenvalue weighted by Crippen LogP contribution is 2.18. The van der Waals surface area contributed by atoms with Crippen LogP contribution in [0.1, 0.15) is 49.7 Å². The zero-order valence-electron chi connectivity index (χ0n) is 15.5. The lowest BCUT2D eigenvalue weighted by Crippen LogP contribution is -2.28. The van der Waals surface area contributed by atoms with Gasteiger partial charge in [-0.3, -0.25) is 10.1 Å². The Morgan fingerprint density at radius 3 is 2.46 bits per heavy atom. The van der Waals surface area contributed by atoms with Gasteiger partial charge in [0.25, 0.3) is 0 Å². The summed E-state index contributed by atoms with van der Waals surface area (Å²) in [6.07, 6.45) is 0.982. The van der Waals surface area contributed by atoms with Crippen molar-refractivity contribution in [3.63, 3.8) is 0 Å². The summed E-state index contributed by atoms with van der Waals surface area (Å²) >= 11 is 0. The van der Waals surface area contributed by atoms with Crippen LogP contribution in [-0.4, -0.2) is 42.8 Å². The van der Waals surface area contributed by atoms with E-state index in [0.29, 0.717) is 12.1 Å². The second-order valence-corrected chi connectivity index (χ2v) is 6.11. The molecule has 140 valence electrons. The average molecular weight is 362 g/mol. The van der Waals surface area contributed by atoms with Crippen molar-refractivity contribution in [3.8, 4) is 11.8 Å². The van der Waals surface area contributed by atoms with Gasteiger partial charge in [-0.2, -0.15) is 0 Å². The Kier molecular flexibility index (Phi) is 7.59. The molecule has 8 nitrogen and oxygen atoms in total. The molecule has 1 rings (SSSR count). The van der Waals surface area contributed by atoms with Crippen LogP contribution in [-0.2, 0) is 19.0 Å². The molecule has 0 aliphatic heterocycles. The zero-order chi connectivity index (χ0) is 19.7. The predicted molar refractivity (Wildman–Crippen MR) is 93.6 cm³/mol. The molecule has 0 aliphatic rings. The predicted octanol–water partition coefficient (Wildman–Crippen LogP) is 2.52. The molecule has 0 bridgehead atoms. The summed E-state index contributed by atoms with van der Waals surface area (Å²) in [4.78, 5) is 38.9. The van der Waals surface area contributed by atoms with Crippen LogP contribution in [0.5, 0.6) is 0 Å². The number of hydrogen-bond acceptors (Lipinski definition) is 7. The van der Waals surface area contributed by atoms with E-state index in [1.807, 2.05) is 0 Å².